The number of rotatable bonds is 4. The summed E-state index contributed by atoms with van der Waals surface area (Å²) in [6, 6.07) is 0. The maximum Gasteiger partial charge on any atom is 0.116 e. The minimum absolute atomic E-state index is 0.367. The number of ether oxygens (including phenoxy) is 1. The van der Waals surface area contributed by atoms with Crippen LogP contribution in [0.1, 0.15) is 0 Å². The first-order valence-corrected chi connectivity index (χ1v) is 2.87. The molecule has 10 heavy (non-hydrogen) atoms. The van der Waals surface area contributed by atoms with E-state index >= 15 is 0 Å². The fourth-order valence-corrected chi connectivity index (χ4v) is 0.527. The van der Waals surface area contributed by atoms with Gasteiger partial charge in [-0.1, -0.05) is 19.2 Å². The molecule has 0 aromatic heterocycles. The highest BCUT2D eigenvalue weighted by atomic mass is 19.1. The summed E-state index contributed by atoms with van der Waals surface area (Å²) in [6.07, 6.45) is 2.82. The molecule has 0 spiro atoms. The third kappa shape index (κ3) is 4.04. The first-order valence-electron chi connectivity index (χ1n) is 2.87. The second-order valence-corrected chi connectivity index (χ2v) is 1.80. The van der Waals surface area contributed by atoms with Crippen molar-refractivity contribution in [2.75, 3.05) is 13.7 Å². The van der Waals surface area contributed by atoms with E-state index in [1.807, 2.05) is 0 Å². The molecule has 0 aromatic rings. The van der Waals surface area contributed by atoms with Gasteiger partial charge in [0.2, 0.25) is 0 Å². The maximum absolute atomic E-state index is 12.1. The molecule has 0 aliphatic rings. The van der Waals surface area contributed by atoms with Crippen LogP contribution in [-0.4, -0.2) is 13.7 Å². The fourth-order valence-electron chi connectivity index (χ4n) is 0.527. The Morgan fingerprint density at radius 2 is 2.30 bits per heavy atom. The van der Waals surface area contributed by atoms with Gasteiger partial charge in [-0.05, 0) is 11.6 Å². The predicted octanol–water partition coefficient (Wildman–Crippen LogP) is 2.23. The summed E-state index contributed by atoms with van der Waals surface area (Å²) in [5.41, 5.74) is 0.690. The normalized spacial score (nSPS) is 11.2. The highest BCUT2D eigenvalue weighted by Gasteiger charge is 1.90. The predicted molar refractivity (Wildman–Crippen MR) is 40.4 cm³/mol. The summed E-state index contributed by atoms with van der Waals surface area (Å²) in [7, 11) is 1.54. The van der Waals surface area contributed by atoms with Crippen molar-refractivity contribution in [1.82, 2.24) is 0 Å². The van der Waals surface area contributed by atoms with E-state index in [0.29, 0.717) is 12.2 Å². The molecule has 0 aliphatic carbocycles. The van der Waals surface area contributed by atoms with Gasteiger partial charge in [-0.25, -0.2) is 4.39 Å². The molecule has 0 bridgehead atoms. The highest BCUT2D eigenvalue weighted by molar-refractivity contribution is 5.24. The molecule has 0 saturated carbocycles. The highest BCUT2D eigenvalue weighted by Crippen LogP contribution is 2.02. The van der Waals surface area contributed by atoms with E-state index in [1.165, 1.54) is 12.2 Å². The Morgan fingerprint density at radius 3 is 2.60 bits per heavy atom. The lowest BCUT2D eigenvalue weighted by Crippen LogP contribution is -1.90. The molecule has 2 heteroatoms. The quantitative estimate of drug-likeness (QED) is 0.547. The monoisotopic (exact) mass is 142 g/mol. The summed E-state index contributed by atoms with van der Waals surface area (Å²) >= 11 is 0. The Labute approximate surface area is 60.5 Å². The van der Waals surface area contributed by atoms with E-state index in [9.17, 15) is 4.39 Å². The summed E-state index contributed by atoms with van der Waals surface area (Å²) < 4.78 is 16.8. The van der Waals surface area contributed by atoms with Crippen LogP contribution in [0, 0.1) is 0 Å². The molecular weight excluding hydrogens is 131 g/mol. The van der Waals surface area contributed by atoms with Crippen LogP contribution in [0.25, 0.3) is 0 Å². The maximum atomic E-state index is 12.1. The van der Waals surface area contributed by atoms with Crippen LogP contribution >= 0.6 is 0 Å². The van der Waals surface area contributed by atoms with E-state index in [0.717, 1.165) is 0 Å². The Bertz CT molecular complexity index is 159. The van der Waals surface area contributed by atoms with E-state index in [1.54, 1.807) is 7.11 Å². The zero-order valence-corrected chi connectivity index (χ0v) is 6.06. The Kier molecular flexibility index (Phi) is 4.50. The van der Waals surface area contributed by atoms with Crippen LogP contribution in [0.3, 0.4) is 0 Å². The lowest BCUT2D eigenvalue weighted by atomic mass is 10.2. The van der Waals surface area contributed by atoms with Gasteiger partial charge in [-0.2, -0.15) is 0 Å². The average Bonchev–Trinajstić information content (AvgIpc) is 1.86. The number of allylic oxidation sites excluding steroid dienone is 2. The lowest BCUT2D eigenvalue weighted by Gasteiger charge is -1.96. The molecule has 0 amide bonds. The van der Waals surface area contributed by atoms with Gasteiger partial charge in [-0.15, -0.1) is 0 Å². The summed E-state index contributed by atoms with van der Waals surface area (Å²) in [5, 5.41) is 0. The topological polar surface area (TPSA) is 9.23 Å². The minimum Gasteiger partial charge on any atom is -0.380 e. The van der Waals surface area contributed by atoms with Crippen LogP contribution in [0.15, 0.2) is 36.7 Å². The molecule has 0 fully saturated rings. The first kappa shape index (κ1) is 9.11. The minimum atomic E-state index is -0.480. The van der Waals surface area contributed by atoms with Crippen LogP contribution in [0.4, 0.5) is 4.39 Å². The van der Waals surface area contributed by atoms with Gasteiger partial charge in [0.25, 0.3) is 0 Å². The van der Waals surface area contributed by atoms with Crippen molar-refractivity contribution in [3.8, 4) is 0 Å². The molecule has 0 rings (SSSR count). The molecule has 56 valence electrons. The van der Waals surface area contributed by atoms with Crippen LogP contribution in [-0.2, 0) is 4.74 Å². The number of halogens is 1. The lowest BCUT2D eigenvalue weighted by molar-refractivity contribution is 0.228. The fraction of sp³-hybridized carbons (Fsp3) is 0.250. The molecule has 0 unspecified atom stereocenters. The molecule has 0 aromatic carbocycles. The van der Waals surface area contributed by atoms with E-state index in [2.05, 4.69) is 13.2 Å². The largest absolute Gasteiger partial charge is 0.380 e. The Balaban J connectivity index is 4.03. The smallest absolute Gasteiger partial charge is 0.116 e. The first-order chi connectivity index (χ1) is 4.70. The second kappa shape index (κ2) is 4.94. The van der Waals surface area contributed by atoms with Gasteiger partial charge in [0, 0.05) is 7.11 Å². The van der Waals surface area contributed by atoms with Gasteiger partial charge in [0.15, 0.2) is 0 Å². The van der Waals surface area contributed by atoms with Crippen LogP contribution < -0.4 is 0 Å². The summed E-state index contributed by atoms with van der Waals surface area (Å²) in [6.45, 7) is 6.92. The standard InChI is InChI=1S/C8H11FO/c1-4-8(6-10-3)5-7(2)9/h4-5H,1-2,6H2,3H3/b8-5+. The van der Waals surface area contributed by atoms with Crippen molar-refractivity contribution < 1.29 is 9.13 Å². The van der Waals surface area contributed by atoms with E-state index in [4.69, 9.17) is 4.74 Å². The third-order valence-electron chi connectivity index (χ3n) is 0.915. The zero-order valence-electron chi connectivity index (χ0n) is 6.06. The SMILES string of the molecule is C=C/C(=C\C(=C)F)COC. The molecule has 0 atom stereocenters. The molecule has 0 radical (unpaired) electrons. The van der Waals surface area contributed by atoms with Crippen LogP contribution in [0.5, 0.6) is 0 Å². The van der Waals surface area contributed by atoms with Gasteiger partial charge in [0.05, 0.1) is 6.61 Å². The van der Waals surface area contributed by atoms with Gasteiger partial charge >= 0.3 is 0 Å². The molecule has 0 saturated heterocycles. The van der Waals surface area contributed by atoms with Crippen molar-refractivity contribution in [1.29, 1.82) is 0 Å². The van der Waals surface area contributed by atoms with Gasteiger partial charge in [-0.3, -0.25) is 0 Å². The number of methoxy groups -OCH3 is 1. The Morgan fingerprint density at radius 1 is 1.70 bits per heavy atom. The van der Waals surface area contributed by atoms with Crippen molar-refractivity contribution in [3.05, 3.63) is 36.7 Å². The van der Waals surface area contributed by atoms with Gasteiger partial charge in [0.1, 0.15) is 5.83 Å². The molecule has 0 N–H and O–H groups in total. The number of hydrogen-bond donors (Lipinski definition) is 0. The molecule has 0 aliphatic heterocycles. The zero-order chi connectivity index (χ0) is 7.98. The van der Waals surface area contributed by atoms with Crippen molar-refractivity contribution in [2.45, 2.75) is 0 Å². The van der Waals surface area contributed by atoms with Gasteiger partial charge < -0.3 is 4.74 Å². The number of hydrogen-bond acceptors (Lipinski definition) is 1. The molecular formula is C8H11FO. The summed E-state index contributed by atoms with van der Waals surface area (Å²) in [5.74, 6) is -0.480. The Hall–Kier alpha value is -0.890. The molecule has 1 nitrogen and oxygen atoms in total. The second-order valence-electron chi connectivity index (χ2n) is 1.80. The van der Waals surface area contributed by atoms with E-state index < -0.39 is 5.83 Å². The molecule has 0 heterocycles. The van der Waals surface area contributed by atoms with E-state index in [-0.39, 0.29) is 0 Å². The third-order valence-corrected chi connectivity index (χ3v) is 0.915. The average molecular weight is 142 g/mol. The van der Waals surface area contributed by atoms with Crippen molar-refractivity contribution >= 4 is 0 Å². The van der Waals surface area contributed by atoms with Crippen LogP contribution in [0.2, 0.25) is 0 Å². The van der Waals surface area contributed by atoms with Crippen molar-refractivity contribution in [2.24, 2.45) is 0 Å². The van der Waals surface area contributed by atoms with Crippen molar-refractivity contribution in [3.63, 3.8) is 0 Å². The summed E-state index contributed by atoms with van der Waals surface area (Å²) in [4.78, 5) is 0.